The van der Waals surface area contributed by atoms with Gasteiger partial charge in [0.15, 0.2) is 25.2 Å². The fourth-order valence-electron chi connectivity index (χ4n) is 9.12. The van der Waals surface area contributed by atoms with Crippen LogP contribution in [0.2, 0.25) is 0 Å². The third-order valence-corrected chi connectivity index (χ3v) is 13.2. The molecule has 5 fully saturated rings. The third kappa shape index (κ3) is 14.3. The Labute approximate surface area is 414 Å². The first-order chi connectivity index (χ1) is 34.1. The summed E-state index contributed by atoms with van der Waals surface area (Å²) in [5, 5.41) is 166. The molecule has 29 nitrogen and oxygen atoms in total. The molecule has 72 heavy (non-hydrogen) atoms. The lowest BCUT2D eigenvalue weighted by Gasteiger charge is -2.51. The molecule has 0 spiro atoms. The maximum absolute atomic E-state index is 12.2. The quantitative estimate of drug-likeness (QED) is 0.0399. The van der Waals surface area contributed by atoms with Gasteiger partial charge in [-0.15, -0.1) is 0 Å². The van der Waals surface area contributed by atoms with Crippen molar-refractivity contribution in [2.75, 3.05) is 52.7 Å². The minimum Gasteiger partial charge on any atom is -0.394 e. The number of hydrogen-bond donors (Lipinski definition) is 17. The number of nitrogens with two attached hydrogens (primary N) is 1. The van der Waals surface area contributed by atoms with E-state index in [2.05, 4.69) is 5.32 Å². The predicted molar refractivity (Wildman–Crippen MR) is 234 cm³/mol. The Morgan fingerprint density at radius 2 is 0.903 bits per heavy atom. The van der Waals surface area contributed by atoms with Crippen LogP contribution in [0.15, 0.2) is 0 Å². The van der Waals surface area contributed by atoms with Crippen molar-refractivity contribution in [3.8, 4) is 0 Å². The minimum absolute atomic E-state index is 0.0651. The molecule has 0 bridgehead atoms. The number of hydrogen-bond acceptors (Lipinski definition) is 28. The van der Waals surface area contributed by atoms with E-state index in [1.807, 2.05) is 0 Å². The van der Waals surface area contributed by atoms with E-state index in [0.29, 0.717) is 19.4 Å². The molecule has 0 radical (unpaired) electrons. The van der Waals surface area contributed by atoms with Gasteiger partial charge in [0, 0.05) is 13.0 Å². The number of ether oxygens (including phenoxy) is 11. The van der Waals surface area contributed by atoms with Crippen LogP contribution in [0.4, 0.5) is 0 Å². The lowest BCUT2D eigenvalue weighted by molar-refractivity contribution is -0.407. The van der Waals surface area contributed by atoms with Gasteiger partial charge >= 0.3 is 0 Å². The van der Waals surface area contributed by atoms with Gasteiger partial charge in [-0.3, -0.25) is 4.79 Å². The monoisotopic (exact) mass is 1050 g/mol. The van der Waals surface area contributed by atoms with Gasteiger partial charge in [0.25, 0.3) is 0 Å². The summed E-state index contributed by atoms with van der Waals surface area (Å²) in [5.41, 5.74) is 4.08. The summed E-state index contributed by atoms with van der Waals surface area (Å²) in [6.45, 7) is 2.12. The van der Waals surface area contributed by atoms with E-state index in [0.717, 1.165) is 0 Å². The Bertz CT molecular complexity index is 1610. The lowest BCUT2D eigenvalue weighted by atomic mass is 9.86. The van der Waals surface area contributed by atoms with Crippen LogP contribution in [0.1, 0.15) is 47.0 Å². The molecule has 0 saturated carbocycles. The zero-order valence-electron chi connectivity index (χ0n) is 40.5. The topological polar surface area (TPSA) is 460 Å². The highest BCUT2D eigenvalue weighted by Crippen LogP contribution is 2.38. The van der Waals surface area contributed by atoms with E-state index >= 15 is 0 Å². The van der Waals surface area contributed by atoms with Crippen LogP contribution in [0.25, 0.3) is 0 Å². The molecule has 422 valence electrons. The SMILES string of the molecule is CC(C)OC1C(O)[C@H](O)C(CO)O[C@@H]1OC1C(O)[C@H](O)C(CO)O[C@@H]1OC1C(O)[C@H](O)C(CO)O[C@@H]1OC1C(O)[C@@H](OC2C(O)[C@@H](C(C)(C)OCCNC(=O)CCCCN)OC(CO)[C@H]2O)OC(CO)[C@H]1O. The van der Waals surface area contributed by atoms with E-state index < -0.39 is 198 Å². The molecular weight excluding hydrogens is 976 g/mol. The van der Waals surface area contributed by atoms with Gasteiger partial charge in [-0.2, -0.15) is 0 Å². The van der Waals surface area contributed by atoms with Gasteiger partial charge in [-0.1, -0.05) is 0 Å². The molecule has 25 atom stereocenters. The van der Waals surface area contributed by atoms with Crippen molar-refractivity contribution in [2.45, 2.75) is 212 Å². The minimum atomic E-state index is -2.17. The van der Waals surface area contributed by atoms with Crippen molar-refractivity contribution in [3.63, 3.8) is 0 Å². The Hall–Kier alpha value is -1.61. The highest BCUT2D eigenvalue weighted by Gasteiger charge is 2.58. The first kappa shape index (κ1) is 61.2. The number of amides is 1. The van der Waals surface area contributed by atoms with E-state index in [-0.39, 0.29) is 25.5 Å². The number of unbranched alkanes of at least 4 members (excludes halogenated alkanes) is 1. The molecule has 0 aromatic carbocycles. The second-order valence-electron chi connectivity index (χ2n) is 19.2. The summed E-state index contributed by atoms with van der Waals surface area (Å²) < 4.78 is 64.6. The fourth-order valence-corrected chi connectivity index (χ4v) is 9.12. The molecule has 15 unspecified atom stereocenters. The maximum atomic E-state index is 12.2. The lowest BCUT2D eigenvalue weighted by Crippen LogP contribution is -2.69. The van der Waals surface area contributed by atoms with Crippen LogP contribution in [0, 0.1) is 0 Å². The summed E-state index contributed by atoms with van der Waals surface area (Å²) in [5.74, 6) is -0.233. The molecule has 5 saturated heterocycles. The smallest absolute Gasteiger partial charge is 0.220 e. The van der Waals surface area contributed by atoms with Crippen molar-refractivity contribution in [2.24, 2.45) is 5.73 Å². The van der Waals surface area contributed by atoms with Crippen LogP contribution >= 0.6 is 0 Å². The standard InChI is InChI=1S/C43H78N2O27/c1-16(2)63-35-28(57)23(52)17(11-46)66-40(35)71-37-30(59)25(54)19(13-48)68-42(37)72-36-29(58)24(53)18(12-47)67-41(36)70-34-27(56)21(15-50)65-39(32(34)61)69-33-26(55)20(14-49)64-38(31(33)60)43(3,4)62-10-9-45-22(51)7-5-6-8-44/h16-21,23-42,46-50,52-61H,5-15,44H2,1-4H3,(H,45,51)/t17?,18?,19?,20?,21?,23-,24-,25-,26-,27-,28?,29?,30?,31?,32?,33?,34?,35?,36?,37?,38+,39-,40-,41-,42-/m1/s1. The first-order valence-electron chi connectivity index (χ1n) is 24.1. The van der Waals surface area contributed by atoms with Crippen LogP contribution < -0.4 is 11.1 Å². The zero-order chi connectivity index (χ0) is 53.4. The molecule has 29 heteroatoms. The van der Waals surface area contributed by atoms with Crippen molar-refractivity contribution in [1.82, 2.24) is 5.32 Å². The molecule has 0 aromatic rings. The maximum Gasteiger partial charge on any atom is 0.220 e. The van der Waals surface area contributed by atoms with Crippen molar-refractivity contribution >= 4 is 5.91 Å². The molecule has 5 rings (SSSR count). The average Bonchev–Trinajstić information content (AvgIpc) is 3.34. The molecular formula is C43H78N2O27. The Morgan fingerprint density at radius 3 is 1.36 bits per heavy atom. The van der Waals surface area contributed by atoms with Crippen molar-refractivity contribution < 1.29 is 133 Å². The van der Waals surface area contributed by atoms with Gasteiger partial charge in [-0.05, 0) is 47.1 Å². The summed E-state index contributed by atoms with van der Waals surface area (Å²) in [4.78, 5) is 12.2. The van der Waals surface area contributed by atoms with Gasteiger partial charge in [0.1, 0.15) is 128 Å². The molecule has 18 N–H and O–H groups in total. The summed E-state index contributed by atoms with van der Waals surface area (Å²) in [6.07, 6.45) is -44.9. The molecule has 5 aliphatic rings. The number of carbonyl (C=O) groups is 1. The largest absolute Gasteiger partial charge is 0.394 e. The highest BCUT2D eigenvalue weighted by molar-refractivity contribution is 5.75. The second kappa shape index (κ2) is 27.6. The summed E-state index contributed by atoms with van der Waals surface area (Å²) in [6, 6.07) is 0. The normalized spacial score (nSPS) is 44.3. The molecule has 5 heterocycles. The number of rotatable bonds is 24. The van der Waals surface area contributed by atoms with Crippen LogP contribution in [0.5, 0.6) is 0 Å². The Morgan fingerprint density at radius 1 is 0.514 bits per heavy atom. The number of nitrogens with one attached hydrogen (secondary N) is 1. The van der Waals surface area contributed by atoms with E-state index in [9.17, 15) is 81.4 Å². The van der Waals surface area contributed by atoms with E-state index in [4.69, 9.17) is 57.8 Å². The van der Waals surface area contributed by atoms with Crippen molar-refractivity contribution in [1.29, 1.82) is 0 Å². The zero-order valence-corrected chi connectivity index (χ0v) is 40.5. The van der Waals surface area contributed by atoms with E-state index in [1.54, 1.807) is 13.8 Å². The number of aliphatic hydroxyl groups excluding tert-OH is 15. The van der Waals surface area contributed by atoms with E-state index in [1.165, 1.54) is 13.8 Å². The Kier molecular flexibility index (Phi) is 23.5. The van der Waals surface area contributed by atoms with Gasteiger partial charge in [0.05, 0.1) is 51.3 Å². The molecule has 1 amide bonds. The fraction of sp³-hybridized carbons (Fsp3) is 0.977. The van der Waals surface area contributed by atoms with Gasteiger partial charge < -0.3 is 140 Å². The number of aliphatic hydroxyl groups is 15. The second-order valence-corrected chi connectivity index (χ2v) is 19.2. The first-order valence-corrected chi connectivity index (χ1v) is 24.1. The van der Waals surface area contributed by atoms with Crippen LogP contribution in [-0.4, -0.2) is 300 Å². The average molecular weight is 1060 g/mol. The van der Waals surface area contributed by atoms with Crippen molar-refractivity contribution in [3.05, 3.63) is 0 Å². The van der Waals surface area contributed by atoms with Gasteiger partial charge in [0.2, 0.25) is 5.91 Å². The Balaban J connectivity index is 1.39. The predicted octanol–water partition coefficient (Wildman–Crippen LogP) is -9.40. The molecule has 5 aliphatic heterocycles. The van der Waals surface area contributed by atoms with Gasteiger partial charge in [-0.25, -0.2) is 0 Å². The third-order valence-electron chi connectivity index (χ3n) is 13.2. The molecule has 0 aliphatic carbocycles. The highest BCUT2D eigenvalue weighted by atomic mass is 16.8. The number of carbonyl (C=O) groups excluding carboxylic acids is 1. The summed E-state index contributed by atoms with van der Waals surface area (Å²) in [7, 11) is 0. The molecule has 0 aromatic heterocycles. The summed E-state index contributed by atoms with van der Waals surface area (Å²) >= 11 is 0. The van der Waals surface area contributed by atoms with Crippen LogP contribution in [-0.2, 0) is 56.9 Å². The van der Waals surface area contributed by atoms with Crippen LogP contribution in [0.3, 0.4) is 0 Å².